The van der Waals surface area contributed by atoms with E-state index in [0.29, 0.717) is 18.4 Å². The standard InChI is InChI=1S/C14H19FN2O/c1-10(11-6-2-3-7-12(11)15)17-13(18)14(16)8-4-5-9-14/h2-3,6-7,10H,4-5,8-9,16H2,1H3,(H,17,18)/t10-/m1/s1. The van der Waals surface area contributed by atoms with Gasteiger partial charge in [0.15, 0.2) is 0 Å². The van der Waals surface area contributed by atoms with Gasteiger partial charge in [-0.05, 0) is 25.8 Å². The van der Waals surface area contributed by atoms with Crippen molar-refractivity contribution in [1.82, 2.24) is 5.32 Å². The van der Waals surface area contributed by atoms with Gasteiger partial charge in [-0.15, -0.1) is 0 Å². The molecule has 0 unspecified atom stereocenters. The number of amides is 1. The van der Waals surface area contributed by atoms with Crippen molar-refractivity contribution in [1.29, 1.82) is 0 Å². The van der Waals surface area contributed by atoms with Crippen molar-refractivity contribution in [3.8, 4) is 0 Å². The molecule has 1 aromatic carbocycles. The number of hydrogen-bond acceptors (Lipinski definition) is 2. The predicted octanol–water partition coefficient (Wildman–Crippen LogP) is 2.27. The number of hydrogen-bond donors (Lipinski definition) is 2. The van der Waals surface area contributed by atoms with Crippen LogP contribution in [-0.2, 0) is 4.79 Å². The summed E-state index contributed by atoms with van der Waals surface area (Å²) in [6, 6.07) is 6.10. The largest absolute Gasteiger partial charge is 0.348 e. The molecule has 4 heteroatoms. The molecule has 1 fully saturated rings. The highest BCUT2D eigenvalue weighted by Crippen LogP contribution is 2.28. The van der Waals surface area contributed by atoms with Crippen LogP contribution in [0.5, 0.6) is 0 Å². The van der Waals surface area contributed by atoms with Crippen molar-refractivity contribution in [3.63, 3.8) is 0 Å². The molecule has 0 heterocycles. The van der Waals surface area contributed by atoms with Gasteiger partial charge in [0, 0.05) is 5.56 Å². The van der Waals surface area contributed by atoms with Crippen molar-refractivity contribution >= 4 is 5.91 Å². The molecule has 0 spiro atoms. The van der Waals surface area contributed by atoms with Gasteiger partial charge in [0.1, 0.15) is 5.82 Å². The van der Waals surface area contributed by atoms with E-state index in [2.05, 4.69) is 5.32 Å². The van der Waals surface area contributed by atoms with E-state index < -0.39 is 5.54 Å². The Morgan fingerprint density at radius 3 is 2.61 bits per heavy atom. The summed E-state index contributed by atoms with van der Waals surface area (Å²) in [5.41, 5.74) is 5.79. The van der Waals surface area contributed by atoms with Crippen LogP contribution in [0.15, 0.2) is 24.3 Å². The molecule has 3 N–H and O–H groups in total. The lowest BCUT2D eigenvalue weighted by Crippen LogP contribution is -2.52. The molecular formula is C14H19FN2O. The third-order valence-electron chi connectivity index (χ3n) is 3.67. The van der Waals surface area contributed by atoms with Crippen molar-refractivity contribution in [2.24, 2.45) is 5.73 Å². The third-order valence-corrected chi connectivity index (χ3v) is 3.67. The Bertz CT molecular complexity index is 441. The van der Waals surface area contributed by atoms with Crippen LogP contribution in [0.4, 0.5) is 4.39 Å². The molecule has 0 bridgehead atoms. The Morgan fingerprint density at radius 1 is 1.39 bits per heavy atom. The first kappa shape index (κ1) is 13.0. The minimum Gasteiger partial charge on any atom is -0.348 e. The van der Waals surface area contributed by atoms with Gasteiger partial charge in [0.05, 0.1) is 11.6 Å². The average molecular weight is 250 g/mol. The molecule has 1 aromatic rings. The molecule has 1 aliphatic rings. The number of nitrogens with two attached hydrogens (primary N) is 1. The van der Waals surface area contributed by atoms with E-state index >= 15 is 0 Å². The molecule has 18 heavy (non-hydrogen) atoms. The molecule has 1 amide bonds. The van der Waals surface area contributed by atoms with Crippen molar-refractivity contribution in [2.45, 2.75) is 44.2 Å². The topological polar surface area (TPSA) is 55.1 Å². The normalized spacial score (nSPS) is 19.5. The lowest BCUT2D eigenvalue weighted by molar-refractivity contribution is -0.126. The monoisotopic (exact) mass is 250 g/mol. The minimum atomic E-state index is -0.764. The van der Waals surface area contributed by atoms with Crippen LogP contribution in [0.2, 0.25) is 0 Å². The third kappa shape index (κ3) is 2.53. The molecule has 0 aromatic heterocycles. The molecule has 0 aliphatic heterocycles. The Labute approximate surface area is 107 Å². The summed E-state index contributed by atoms with van der Waals surface area (Å²) >= 11 is 0. The average Bonchev–Trinajstić information content (AvgIpc) is 2.78. The lowest BCUT2D eigenvalue weighted by atomic mass is 9.97. The second-order valence-electron chi connectivity index (χ2n) is 5.08. The van der Waals surface area contributed by atoms with Crippen LogP contribution in [0.25, 0.3) is 0 Å². The molecule has 98 valence electrons. The predicted molar refractivity (Wildman–Crippen MR) is 68.3 cm³/mol. The highest BCUT2D eigenvalue weighted by molar-refractivity contribution is 5.86. The number of rotatable bonds is 3. The zero-order valence-corrected chi connectivity index (χ0v) is 10.6. The van der Waals surface area contributed by atoms with Gasteiger partial charge in [-0.3, -0.25) is 4.79 Å². The van der Waals surface area contributed by atoms with Crippen LogP contribution in [0.1, 0.15) is 44.2 Å². The van der Waals surface area contributed by atoms with Crippen molar-refractivity contribution in [2.75, 3.05) is 0 Å². The highest BCUT2D eigenvalue weighted by Gasteiger charge is 2.37. The fraction of sp³-hybridized carbons (Fsp3) is 0.500. The summed E-state index contributed by atoms with van der Waals surface area (Å²) in [7, 11) is 0. The van der Waals surface area contributed by atoms with E-state index in [1.54, 1.807) is 25.1 Å². The first-order valence-corrected chi connectivity index (χ1v) is 6.37. The fourth-order valence-corrected chi connectivity index (χ4v) is 2.48. The van der Waals surface area contributed by atoms with Crippen molar-refractivity contribution < 1.29 is 9.18 Å². The maximum Gasteiger partial charge on any atom is 0.240 e. The van der Waals surface area contributed by atoms with Gasteiger partial charge in [0.2, 0.25) is 5.91 Å². The quantitative estimate of drug-likeness (QED) is 0.864. The first-order chi connectivity index (χ1) is 8.53. The van der Waals surface area contributed by atoms with Gasteiger partial charge in [-0.2, -0.15) is 0 Å². The van der Waals surface area contributed by atoms with Crippen molar-refractivity contribution in [3.05, 3.63) is 35.6 Å². The molecule has 1 saturated carbocycles. The fourth-order valence-electron chi connectivity index (χ4n) is 2.48. The Morgan fingerprint density at radius 2 is 2.00 bits per heavy atom. The summed E-state index contributed by atoms with van der Waals surface area (Å²) < 4.78 is 13.6. The van der Waals surface area contributed by atoms with E-state index in [9.17, 15) is 9.18 Å². The molecule has 0 radical (unpaired) electrons. The molecule has 0 saturated heterocycles. The zero-order chi connectivity index (χ0) is 13.2. The number of carbonyl (C=O) groups excluding carboxylic acids is 1. The second-order valence-corrected chi connectivity index (χ2v) is 5.08. The molecule has 1 aliphatic carbocycles. The first-order valence-electron chi connectivity index (χ1n) is 6.37. The van der Waals surface area contributed by atoms with Crippen LogP contribution in [0.3, 0.4) is 0 Å². The number of carbonyl (C=O) groups is 1. The van der Waals surface area contributed by atoms with E-state index in [1.165, 1.54) is 6.07 Å². The number of halogens is 1. The van der Waals surface area contributed by atoms with E-state index in [-0.39, 0.29) is 17.8 Å². The van der Waals surface area contributed by atoms with E-state index in [4.69, 9.17) is 5.73 Å². The Kier molecular flexibility index (Phi) is 3.66. The maximum absolute atomic E-state index is 13.6. The van der Waals surface area contributed by atoms with Gasteiger partial charge in [0.25, 0.3) is 0 Å². The van der Waals surface area contributed by atoms with E-state index in [0.717, 1.165) is 12.8 Å². The summed E-state index contributed by atoms with van der Waals surface area (Å²) in [6.07, 6.45) is 3.39. The summed E-state index contributed by atoms with van der Waals surface area (Å²) in [5, 5.41) is 2.82. The van der Waals surface area contributed by atoms with Gasteiger partial charge in [-0.25, -0.2) is 4.39 Å². The smallest absolute Gasteiger partial charge is 0.240 e. The summed E-state index contributed by atoms with van der Waals surface area (Å²) in [6.45, 7) is 1.77. The SMILES string of the molecule is C[C@@H](NC(=O)C1(N)CCCC1)c1ccccc1F. The maximum atomic E-state index is 13.6. The molecule has 3 nitrogen and oxygen atoms in total. The zero-order valence-electron chi connectivity index (χ0n) is 10.6. The van der Waals surface area contributed by atoms with Crippen LogP contribution < -0.4 is 11.1 Å². The number of nitrogens with one attached hydrogen (secondary N) is 1. The lowest BCUT2D eigenvalue weighted by Gasteiger charge is -2.25. The van der Waals surface area contributed by atoms with E-state index in [1.807, 2.05) is 0 Å². The van der Waals surface area contributed by atoms with Gasteiger partial charge >= 0.3 is 0 Å². The Hall–Kier alpha value is -1.42. The summed E-state index contributed by atoms with van der Waals surface area (Å²) in [4.78, 5) is 12.1. The van der Waals surface area contributed by atoms with Crippen LogP contribution in [0, 0.1) is 5.82 Å². The molecule has 2 rings (SSSR count). The van der Waals surface area contributed by atoms with Gasteiger partial charge in [-0.1, -0.05) is 31.0 Å². The van der Waals surface area contributed by atoms with Gasteiger partial charge < -0.3 is 11.1 Å². The highest BCUT2D eigenvalue weighted by atomic mass is 19.1. The number of benzene rings is 1. The van der Waals surface area contributed by atoms with Crippen LogP contribution in [-0.4, -0.2) is 11.4 Å². The molecule has 1 atom stereocenters. The second kappa shape index (κ2) is 5.06. The molecular weight excluding hydrogens is 231 g/mol. The minimum absolute atomic E-state index is 0.171. The summed E-state index contributed by atoms with van der Waals surface area (Å²) in [5.74, 6) is -0.474. The van der Waals surface area contributed by atoms with Crippen LogP contribution >= 0.6 is 0 Å². The Balaban J connectivity index is 2.06.